The molecule has 0 bridgehead atoms. The van der Waals surface area contributed by atoms with Gasteiger partial charge in [0.05, 0.1) is 28.5 Å². The van der Waals surface area contributed by atoms with E-state index in [0.29, 0.717) is 18.8 Å². The number of likely N-dealkylation sites (N-methyl/N-ethyl adjacent to an activating group) is 1. The van der Waals surface area contributed by atoms with Crippen molar-refractivity contribution in [1.82, 2.24) is 9.21 Å². The number of benzene rings is 2. The van der Waals surface area contributed by atoms with Crippen molar-refractivity contribution in [2.45, 2.75) is 11.8 Å². The van der Waals surface area contributed by atoms with Crippen LogP contribution < -0.4 is 16.0 Å². The molecule has 14 nitrogen and oxygen atoms in total. The minimum absolute atomic E-state index is 0.0637. The van der Waals surface area contributed by atoms with Crippen LogP contribution in [0.5, 0.6) is 0 Å². The Labute approximate surface area is 241 Å². The molecule has 2 aliphatic rings. The van der Waals surface area contributed by atoms with Crippen LogP contribution in [0.2, 0.25) is 0 Å². The Morgan fingerprint density at radius 2 is 1.86 bits per heavy atom. The van der Waals surface area contributed by atoms with E-state index in [1.807, 2.05) is 11.9 Å². The van der Waals surface area contributed by atoms with Crippen molar-refractivity contribution < 1.29 is 37.4 Å². The number of amides is 2. The first-order valence-corrected chi connectivity index (χ1v) is 14.4. The third kappa shape index (κ3) is 6.79. The number of carbonyl (C=O) groups is 2. The van der Waals surface area contributed by atoms with Gasteiger partial charge in [-0.25, -0.2) is 18.1 Å². The maximum atomic E-state index is 13.8. The number of anilines is 1. The fraction of sp³-hybridized carbons (Fsp3) is 0.346. The molecule has 2 aromatic rings. The third-order valence-electron chi connectivity index (χ3n) is 6.88. The second-order valence-corrected chi connectivity index (χ2v) is 11.6. The number of nitro groups is 1. The molecule has 0 unspecified atom stereocenters. The molecule has 224 valence electrons. The number of nitrogens with two attached hydrogens (primary N) is 2. The van der Waals surface area contributed by atoms with Crippen LogP contribution in [0.25, 0.3) is 0 Å². The Morgan fingerprint density at radius 3 is 2.50 bits per heavy atom. The molecule has 0 aliphatic carbocycles. The molecule has 2 aromatic carbocycles. The third-order valence-corrected chi connectivity index (χ3v) is 8.66. The summed E-state index contributed by atoms with van der Waals surface area (Å²) in [6.45, 7) is 3.60. The molecule has 1 fully saturated rings. The molecule has 2 aliphatic heterocycles. The number of amidine groups is 1. The summed E-state index contributed by atoms with van der Waals surface area (Å²) in [5.74, 6) is -2.02. The van der Waals surface area contributed by atoms with Gasteiger partial charge in [0, 0.05) is 44.4 Å². The number of primary amides is 1. The largest absolute Gasteiger partial charge is 0.517 e. The van der Waals surface area contributed by atoms with Gasteiger partial charge in [-0.05, 0) is 44.3 Å². The molecule has 4 rings (SSSR count). The van der Waals surface area contributed by atoms with Crippen molar-refractivity contribution >= 4 is 39.2 Å². The quantitative estimate of drug-likeness (QED) is 0.188. The van der Waals surface area contributed by atoms with Crippen LogP contribution in [-0.4, -0.2) is 93.3 Å². The Hall–Kier alpha value is -4.25. The van der Waals surface area contributed by atoms with Gasteiger partial charge < -0.3 is 20.3 Å². The molecule has 4 N–H and O–H groups in total. The predicted molar refractivity (Wildman–Crippen MR) is 150 cm³/mol. The number of carbonyl (C=O) groups excluding carboxylic acids is 2. The lowest BCUT2D eigenvalue weighted by Crippen LogP contribution is -2.87. The minimum atomic E-state index is -4.22. The van der Waals surface area contributed by atoms with E-state index in [9.17, 15) is 32.5 Å². The Bertz CT molecular complexity index is 1570. The summed E-state index contributed by atoms with van der Waals surface area (Å²) in [5, 5.41) is 12.9. The lowest BCUT2D eigenvalue weighted by atomic mass is 10.1. The van der Waals surface area contributed by atoms with Crippen LogP contribution in [0.3, 0.4) is 0 Å². The standard InChI is InChI=1S/C26H30FN7O7S/c1-3-41-26(36)29-21-16-33(42(39,40)19-6-4-5-18(27)14-19)15-20(21)24(28)30-25(35)17-7-8-22(23(13-17)34(37)38)32-11-9-31(2)10-12-32/h4-8,13-14H,3,9-12,15-16H2,1-2H3,(H,29,36)(H2,28,30,35)/p+1. The van der Waals surface area contributed by atoms with Crippen LogP contribution >= 0.6 is 0 Å². The van der Waals surface area contributed by atoms with Gasteiger partial charge in [0.2, 0.25) is 10.0 Å². The first-order chi connectivity index (χ1) is 19.9. The zero-order valence-corrected chi connectivity index (χ0v) is 23.8. The van der Waals surface area contributed by atoms with E-state index in [4.69, 9.17) is 10.5 Å². The topological polar surface area (TPSA) is 185 Å². The van der Waals surface area contributed by atoms with Gasteiger partial charge in [0.1, 0.15) is 23.0 Å². The molecular weight excluding hydrogens is 573 g/mol. The van der Waals surface area contributed by atoms with Gasteiger partial charge in [0.25, 0.3) is 11.6 Å². The minimum Gasteiger partial charge on any atom is -0.420 e. The Morgan fingerprint density at radius 1 is 1.14 bits per heavy atom. The van der Waals surface area contributed by atoms with Gasteiger partial charge in [0.15, 0.2) is 0 Å². The maximum absolute atomic E-state index is 13.8. The fourth-order valence-corrected chi connectivity index (χ4v) is 6.05. The highest BCUT2D eigenvalue weighted by Crippen LogP contribution is 2.30. The van der Waals surface area contributed by atoms with Gasteiger partial charge in [-0.3, -0.25) is 14.9 Å². The van der Waals surface area contributed by atoms with E-state index in [1.165, 1.54) is 24.3 Å². The number of ether oxygens (including phenoxy) is 1. The lowest BCUT2D eigenvalue weighted by Gasteiger charge is -2.33. The van der Waals surface area contributed by atoms with E-state index in [1.54, 1.807) is 6.92 Å². The van der Waals surface area contributed by atoms with Crippen LogP contribution in [0.1, 0.15) is 17.3 Å². The zero-order valence-electron chi connectivity index (χ0n) is 23.0. The van der Waals surface area contributed by atoms with Crippen molar-refractivity contribution in [3.8, 4) is 0 Å². The van der Waals surface area contributed by atoms with E-state index >= 15 is 0 Å². The van der Waals surface area contributed by atoms with Crippen LogP contribution in [0.15, 0.2) is 63.6 Å². The second-order valence-electron chi connectivity index (χ2n) is 9.68. The van der Waals surface area contributed by atoms with Crippen LogP contribution in [-0.2, 0) is 14.8 Å². The molecule has 0 aromatic heterocycles. The first-order valence-electron chi connectivity index (χ1n) is 13.0. The number of piperazine rings is 1. The molecule has 1 saturated heterocycles. The summed E-state index contributed by atoms with van der Waals surface area (Å²) in [6, 6.07) is 8.47. The van der Waals surface area contributed by atoms with E-state index < -0.39 is 32.8 Å². The number of sulfonamides is 1. The molecular formula is C26H31FN7O7S+. The number of quaternary nitrogens is 1. The highest BCUT2D eigenvalue weighted by molar-refractivity contribution is 7.89. The van der Waals surface area contributed by atoms with Gasteiger partial charge >= 0.3 is 6.09 Å². The summed E-state index contributed by atoms with van der Waals surface area (Å²) < 4.78 is 46.1. The number of hydrogen-bond acceptors (Lipinski definition) is 9. The van der Waals surface area contributed by atoms with Crippen LogP contribution in [0.4, 0.5) is 20.6 Å². The van der Waals surface area contributed by atoms with Crippen LogP contribution in [0, 0.1) is 15.9 Å². The summed E-state index contributed by atoms with van der Waals surface area (Å²) in [6.07, 6.45) is -0.760. The van der Waals surface area contributed by atoms with Crippen molar-refractivity contribution in [2.75, 3.05) is 57.8 Å². The SMILES string of the molecule is CCOC(=O)[NH2+]C1=C(C(N)=NC(=O)c2ccc(N3CCN(C)CC3)c([N+](=O)[O-])c2)CN(S(=O)(=O)c2cccc(F)c2)C1. The fourth-order valence-electron chi connectivity index (χ4n) is 4.63. The average Bonchev–Trinajstić information content (AvgIpc) is 3.38. The number of nitrogens with zero attached hydrogens (tertiary/aromatic N) is 5. The molecule has 2 amide bonds. The molecule has 2 heterocycles. The summed E-state index contributed by atoms with van der Waals surface area (Å²) in [5.41, 5.74) is 6.38. The number of rotatable bonds is 8. The first kappa shape index (κ1) is 30.7. The highest BCUT2D eigenvalue weighted by Gasteiger charge is 2.37. The summed E-state index contributed by atoms with van der Waals surface area (Å²) >= 11 is 0. The summed E-state index contributed by atoms with van der Waals surface area (Å²) in [4.78, 5) is 44.1. The molecule has 0 radical (unpaired) electrons. The lowest BCUT2D eigenvalue weighted by molar-refractivity contribution is -0.520. The monoisotopic (exact) mass is 604 g/mol. The number of halogens is 1. The average molecular weight is 605 g/mol. The molecule has 0 spiro atoms. The number of aliphatic imine (C=N–C) groups is 1. The zero-order chi connectivity index (χ0) is 30.6. The molecule has 16 heteroatoms. The van der Waals surface area contributed by atoms with Crippen molar-refractivity contribution in [3.63, 3.8) is 0 Å². The van der Waals surface area contributed by atoms with Crippen molar-refractivity contribution in [1.29, 1.82) is 0 Å². The highest BCUT2D eigenvalue weighted by atomic mass is 32.2. The molecule has 0 saturated carbocycles. The van der Waals surface area contributed by atoms with E-state index in [2.05, 4.69) is 9.89 Å². The Balaban J connectivity index is 1.63. The number of hydrogen-bond donors (Lipinski definition) is 2. The van der Waals surface area contributed by atoms with E-state index in [0.717, 1.165) is 40.9 Å². The Kier molecular flexibility index (Phi) is 9.30. The van der Waals surface area contributed by atoms with Gasteiger partial charge in [-0.15, -0.1) is 0 Å². The van der Waals surface area contributed by atoms with Crippen molar-refractivity contribution in [3.05, 3.63) is 75.2 Å². The van der Waals surface area contributed by atoms with Crippen molar-refractivity contribution in [2.24, 2.45) is 10.7 Å². The molecule has 42 heavy (non-hydrogen) atoms. The molecule has 0 atom stereocenters. The second kappa shape index (κ2) is 12.7. The summed E-state index contributed by atoms with van der Waals surface area (Å²) in [7, 11) is -2.26. The smallest absolute Gasteiger partial charge is 0.420 e. The normalized spacial score (nSPS) is 17.0. The predicted octanol–water partition coefficient (Wildman–Crippen LogP) is 0.662. The van der Waals surface area contributed by atoms with Gasteiger partial charge in [-0.2, -0.15) is 14.1 Å². The maximum Gasteiger partial charge on any atom is 0.517 e. The van der Waals surface area contributed by atoms with Gasteiger partial charge in [-0.1, -0.05) is 6.07 Å². The number of nitro benzene ring substituents is 1. The van der Waals surface area contributed by atoms with E-state index in [-0.39, 0.29) is 52.9 Å².